The molecule has 0 saturated carbocycles. The van der Waals surface area contributed by atoms with E-state index >= 15 is 0 Å². The summed E-state index contributed by atoms with van der Waals surface area (Å²) >= 11 is 0. The molecule has 0 aliphatic heterocycles. The molecule has 0 radical (unpaired) electrons. The zero-order chi connectivity index (χ0) is 12.4. The molecule has 0 amide bonds. The van der Waals surface area contributed by atoms with Gasteiger partial charge in [0.2, 0.25) is 0 Å². The Balaban J connectivity index is 2.48. The van der Waals surface area contributed by atoms with E-state index < -0.39 is 0 Å². The molecule has 0 heterocycles. The molecule has 0 aromatic heterocycles. The van der Waals surface area contributed by atoms with Gasteiger partial charge in [-0.25, -0.2) is 0 Å². The topological polar surface area (TPSA) is 20.2 Å². The molecule has 0 spiro atoms. The SMILES string of the molecule is C=C(c1ccccc1C)c1ccc(O)cc1C. The zero-order valence-electron chi connectivity index (χ0n) is 10.2. The molecule has 0 bridgehead atoms. The Hall–Kier alpha value is -2.02. The van der Waals surface area contributed by atoms with E-state index in [0.29, 0.717) is 5.75 Å². The highest BCUT2D eigenvalue weighted by Gasteiger charge is 2.07. The van der Waals surface area contributed by atoms with Crippen molar-refractivity contribution in [1.29, 1.82) is 0 Å². The van der Waals surface area contributed by atoms with Crippen LogP contribution in [0.3, 0.4) is 0 Å². The summed E-state index contributed by atoms with van der Waals surface area (Å²) in [6.07, 6.45) is 0. The van der Waals surface area contributed by atoms with Crippen LogP contribution in [0.4, 0.5) is 0 Å². The van der Waals surface area contributed by atoms with E-state index in [1.54, 1.807) is 12.1 Å². The number of aryl methyl sites for hydroxylation is 2. The lowest BCUT2D eigenvalue weighted by atomic mass is 9.93. The molecule has 2 rings (SSSR count). The number of rotatable bonds is 2. The van der Waals surface area contributed by atoms with Gasteiger partial charge in [-0.2, -0.15) is 0 Å². The summed E-state index contributed by atoms with van der Waals surface area (Å²) in [5.74, 6) is 0.295. The van der Waals surface area contributed by atoms with Crippen LogP contribution in [0.2, 0.25) is 0 Å². The van der Waals surface area contributed by atoms with Gasteiger partial charge in [0.25, 0.3) is 0 Å². The van der Waals surface area contributed by atoms with Crippen LogP contribution in [-0.2, 0) is 0 Å². The number of benzene rings is 2. The molecule has 2 aromatic carbocycles. The molecule has 0 aliphatic rings. The Morgan fingerprint density at radius 1 is 0.941 bits per heavy atom. The number of hydrogen-bond acceptors (Lipinski definition) is 1. The Morgan fingerprint density at radius 2 is 1.59 bits per heavy atom. The minimum Gasteiger partial charge on any atom is -0.508 e. The van der Waals surface area contributed by atoms with Crippen LogP contribution >= 0.6 is 0 Å². The van der Waals surface area contributed by atoms with Crippen molar-refractivity contribution in [3.05, 3.63) is 71.3 Å². The lowest BCUT2D eigenvalue weighted by Crippen LogP contribution is -1.92. The normalized spacial score (nSPS) is 10.2. The smallest absolute Gasteiger partial charge is 0.115 e. The first kappa shape index (κ1) is 11.5. The molecular formula is C16H16O. The Morgan fingerprint density at radius 3 is 2.24 bits per heavy atom. The highest BCUT2D eigenvalue weighted by molar-refractivity contribution is 5.81. The van der Waals surface area contributed by atoms with Gasteiger partial charge in [0.15, 0.2) is 0 Å². The average molecular weight is 224 g/mol. The van der Waals surface area contributed by atoms with Gasteiger partial charge in [-0.1, -0.05) is 36.9 Å². The van der Waals surface area contributed by atoms with E-state index in [4.69, 9.17) is 0 Å². The van der Waals surface area contributed by atoms with Gasteiger partial charge < -0.3 is 5.11 Å². The zero-order valence-corrected chi connectivity index (χ0v) is 10.2. The summed E-state index contributed by atoms with van der Waals surface area (Å²) in [5, 5.41) is 9.41. The van der Waals surface area contributed by atoms with Crippen molar-refractivity contribution >= 4 is 5.57 Å². The highest BCUT2D eigenvalue weighted by atomic mass is 16.3. The molecule has 17 heavy (non-hydrogen) atoms. The molecule has 0 atom stereocenters. The summed E-state index contributed by atoms with van der Waals surface area (Å²) in [5.41, 5.74) is 5.49. The lowest BCUT2D eigenvalue weighted by molar-refractivity contribution is 0.475. The van der Waals surface area contributed by atoms with E-state index in [2.05, 4.69) is 25.6 Å². The highest BCUT2D eigenvalue weighted by Crippen LogP contribution is 2.28. The molecule has 0 saturated heterocycles. The third kappa shape index (κ3) is 2.23. The summed E-state index contributed by atoms with van der Waals surface area (Å²) in [7, 11) is 0. The van der Waals surface area contributed by atoms with Gasteiger partial charge in [-0.3, -0.25) is 0 Å². The lowest BCUT2D eigenvalue weighted by Gasteiger charge is -2.12. The van der Waals surface area contributed by atoms with E-state index in [1.807, 2.05) is 25.1 Å². The van der Waals surface area contributed by atoms with Crippen LogP contribution in [0, 0.1) is 13.8 Å². The van der Waals surface area contributed by atoms with E-state index in [1.165, 1.54) is 5.56 Å². The van der Waals surface area contributed by atoms with E-state index in [9.17, 15) is 5.11 Å². The van der Waals surface area contributed by atoms with Crippen LogP contribution in [-0.4, -0.2) is 5.11 Å². The van der Waals surface area contributed by atoms with Crippen molar-refractivity contribution in [2.45, 2.75) is 13.8 Å². The third-order valence-electron chi connectivity index (χ3n) is 3.01. The summed E-state index contributed by atoms with van der Waals surface area (Å²) < 4.78 is 0. The summed E-state index contributed by atoms with van der Waals surface area (Å²) in [6.45, 7) is 8.23. The second-order valence-corrected chi connectivity index (χ2v) is 4.29. The van der Waals surface area contributed by atoms with Crippen molar-refractivity contribution in [3.63, 3.8) is 0 Å². The monoisotopic (exact) mass is 224 g/mol. The van der Waals surface area contributed by atoms with Gasteiger partial charge in [0.05, 0.1) is 0 Å². The molecule has 0 unspecified atom stereocenters. The Kier molecular flexibility index (Phi) is 3.01. The van der Waals surface area contributed by atoms with Crippen LogP contribution in [0.1, 0.15) is 22.3 Å². The van der Waals surface area contributed by atoms with Gasteiger partial charge in [-0.15, -0.1) is 0 Å². The predicted octanol–water partition coefficient (Wildman–Crippen LogP) is 4.07. The molecule has 0 aliphatic carbocycles. The van der Waals surface area contributed by atoms with Crippen molar-refractivity contribution in [1.82, 2.24) is 0 Å². The number of phenols is 1. The predicted molar refractivity (Wildman–Crippen MR) is 72.2 cm³/mol. The van der Waals surface area contributed by atoms with Gasteiger partial charge >= 0.3 is 0 Å². The van der Waals surface area contributed by atoms with Crippen molar-refractivity contribution in [2.75, 3.05) is 0 Å². The van der Waals surface area contributed by atoms with Crippen molar-refractivity contribution < 1.29 is 5.11 Å². The maximum absolute atomic E-state index is 9.41. The molecule has 86 valence electrons. The number of phenolic OH excluding ortho intramolecular Hbond substituents is 1. The third-order valence-corrected chi connectivity index (χ3v) is 3.01. The first-order valence-electron chi connectivity index (χ1n) is 5.64. The molecule has 1 nitrogen and oxygen atoms in total. The first-order chi connectivity index (χ1) is 8.09. The summed E-state index contributed by atoms with van der Waals surface area (Å²) in [4.78, 5) is 0. The Labute approximate surface area is 102 Å². The Bertz CT molecular complexity index is 567. The second-order valence-electron chi connectivity index (χ2n) is 4.29. The average Bonchev–Trinajstić information content (AvgIpc) is 2.29. The van der Waals surface area contributed by atoms with Crippen LogP contribution in [0.5, 0.6) is 5.75 Å². The van der Waals surface area contributed by atoms with E-state index in [-0.39, 0.29) is 0 Å². The van der Waals surface area contributed by atoms with E-state index in [0.717, 1.165) is 22.3 Å². The molecule has 2 aromatic rings. The molecular weight excluding hydrogens is 208 g/mol. The number of aromatic hydroxyl groups is 1. The molecule has 1 heteroatoms. The van der Waals surface area contributed by atoms with Gasteiger partial charge in [0, 0.05) is 0 Å². The van der Waals surface area contributed by atoms with Crippen LogP contribution in [0.15, 0.2) is 49.0 Å². The summed E-state index contributed by atoms with van der Waals surface area (Å²) in [6, 6.07) is 13.6. The van der Waals surface area contributed by atoms with Crippen LogP contribution < -0.4 is 0 Å². The van der Waals surface area contributed by atoms with Crippen molar-refractivity contribution in [2.24, 2.45) is 0 Å². The maximum Gasteiger partial charge on any atom is 0.115 e. The molecule has 1 N–H and O–H groups in total. The second kappa shape index (κ2) is 4.46. The first-order valence-corrected chi connectivity index (χ1v) is 5.64. The van der Waals surface area contributed by atoms with Crippen LogP contribution in [0.25, 0.3) is 5.57 Å². The minimum absolute atomic E-state index is 0.295. The van der Waals surface area contributed by atoms with Crippen molar-refractivity contribution in [3.8, 4) is 5.75 Å². The number of hydrogen-bond donors (Lipinski definition) is 1. The fraction of sp³-hybridized carbons (Fsp3) is 0.125. The van der Waals surface area contributed by atoms with Gasteiger partial charge in [-0.05, 0) is 53.8 Å². The van der Waals surface area contributed by atoms with Gasteiger partial charge in [0.1, 0.15) is 5.75 Å². The largest absolute Gasteiger partial charge is 0.508 e. The fourth-order valence-electron chi connectivity index (χ4n) is 2.04. The maximum atomic E-state index is 9.41. The minimum atomic E-state index is 0.295. The molecule has 0 fully saturated rings. The quantitative estimate of drug-likeness (QED) is 0.815. The fourth-order valence-corrected chi connectivity index (χ4v) is 2.04. The standard InChI is InChI=1S/C16H16O/c1-11-6-4-5-7-15(11)13(3)16-9-8-14(17)10-12(16)2/h4-10,17H,3H2,1-2H3.